The van der Waals surface area contributed by atoms with Gasteiger partial charge in [-0.15, -0.1) is 0 Å². The lowest BCUT2D eigenvalue weighted by Crippen LogP contribution is -1.90. The molecule has 0 saturated carbocycles. The minimum absolute atomic E-state index is 0.621. The van der Waals surface area contributed by atoms with Crippen LogP contribution in [0.5, 0.6) is 11.6 Å². The second-order valence-electron chi connectivity index (χ2n) is 4.20. The third-order valence-corrected chi connectivity index (χ3v) is 3.27. The van der Waals surface area contributed by atoms with Gasteiger partial charge >= 0.3 is 0 Å². The predicted octanol–water partition coefficient (Wildman–Crippen LogP) is 4.56. The Labute approximate surface area is 110 Å². The van der Waals surface area contributed by atoms with Crippen molar-refractivity contribution in [1.29, 1.82) is 0 Å². The zero-order valence-electron chi connectivity index (χ0n) is 10.1. The molecule has 0 aliphatic rings. The molecule has 0 radical (unpaired) electrons. The van der Waals surface area contributed by atoms with E-state index in [-0.39, 0.29) is 0 Å². The van der Waals surface area contributed by atoms with Gasteiger partial charge in [0.25, 0.3) is 0 Å². The number of hydrogen-bond acceptors (Lipinski definition) is 2. The monoisotopic (exact) mass is 291 g/mol. The summed E-state index contributed by atoms with van der Waals surface area (Å²) in [6.07, 6.45) is 1.76. The molecular formula is C14H14BrNO. The molecule has 0 aliphatic heterocycles. The number of pyridine rings is 1. The number of benzene rings is 1. The Morgan fingerprint density at radius 2 is 1.65 bits per heavy atom. The number of aryl methyl sites for hydroxylation is 3. The van der Waals surface area contributed by atoms with Crippen LogP contribution < -0.4 is 4.74 Å². The topological polar surface area (TPSA) is 22.1 Å². The number of nitrogens with zero attached hydrogens (tertiary/aromatic N) is 1. The highest BCUT2D eigenvalue weighted by Gasteiger charge is 2.02. The van der Waals surface area contributed by atoms with E-state index in [0.717, 1.165) is 15.8 Å². The molecule has 1 aromatic carbocycles. The average molecular weight is 292 g/mol. The molecule has 2 nitrogen and oxygen atoms in total. The van der Waals surface area contributed by atoms with E-state index in [0.29, 0.717) is 5.88 Å². The Balaban J connectivity index is 2.28. The van der Waals surface area contributed by atoms with Gasteiger partial charge < -0.3 is 4.74 Å². The van der Waals surface area contributed by atoms with Crippen LogP contribution in [0.2, 0.25) is 0 Å². The summed E-state index contributed by atoms with van der Waals surface area (Å²) in [5, 5.41) is 0. The van der Waals surface area contributed by atoms with Crippen molar-refractivity contribution in [2.75, 3.05) is 0 Å². The predicted molar refractivity (Wildman–Crippen MR) is 72.7 cm³/mol. The first-order valence-electron chi connectivity index (χ1n) is 5.43. The van der Waals surface area contributed by atoms with Crippen LogP contribution in [0.25, 0.3) is 0 Å². The molecule has 2 aromatic rings. The van der Waals surface area contributed by atoms with Crippen LogP contribution in [-0.2, 0) is 0 Å². The van der Waals surface area contributed by atoms with Gasteiger partial charge in [0.05, 0.1) is 0 Å². The van der Waals surface area contributed by atoms with Gasteiger partial charge in [0, 0.05) is 16.7 Å². The maximum absolute atomic E-state index is 5.74. The third kappa shape index (κ3) is 3.07. The van der Waals surface area contributed by atoms with E-state index in [1.54, 1.807) is 6.20 Å². The fraction of sp³-hybridized carbons (Fsp3) is 0.214. The highest BCUT2D eigenvalue weighted by atomic mass is 79.9. The van der Waals surface area contributed by atoms with Crippen molar-refractivity contribution >= 4 is 15.9 Å². The van der Waals surface area contributed by atoms with Crippen molar-refractivity contribution in [2.24, 2.45) is 0 Å². The van der Waals surface area contributed by atoms with Gasteiger partial charge in [-0.05, 0) is 65.5 Å². The van der Waals surface area contributed by atoms with Gasteiger partial charge in [0.2, 0.25) is 5.88 Å². The maximum Gasteiger partial charge on any atom is 0.219 e. The standard InChI is InChI=1S/C14H14BrNO/c1-9-4-10(2)6-12(5-9)17-14-7-11(3)13(15)8-16-14/h4-8H,1-3H3. The van der Waals surface area contributed by atoms with E-state index in [1.165, 1.54) is 11.1 Å². The van der Waals surface area contributed by atoms with Crippen molar-refractivity contribution < 1.29 is 4.74 Å². The Morgan fingerprint density at radius 3 is 2.24 bits per heavy atom. The first-order valence-corrected chi connectivity index (χ1v) is 6.22. The molecule has 0 amide bonds. The maximum atomic E-state index is 5.74. The molecule has 0 spiro atoms. The Hall–Kier alpha value is -1.35. The largest absolute Gasteiger partial charge is 0.439 e. The van der Waals surface area contributed by atoms with E-state index in [2.05, 4.69) is 40.8 Å². The van der Waals surface area contributed by atoms with Crippen LogP contribution >= 0.6 is 15.9 Å². The Kier molecular flexibility index (Phi) is 3.48. The molecule has 0 bridgehead atoms. The number of ether oxygens (including phenoxy) is 1. The van der Waals surface area contributed by atoms with Crippen LogP contribution in [0.1, 0.15) is 16.7 Å². The zero-order valence-corrected chi connectivity index (χ0v) is 11.7. The zero-order chi connectivity index (χ0) is 12.4. The van der Waals surface area contributed by atoms with Gasteiger partial charge in [-0.2, -0.15) is 0 Å². The van der Waals surface area contributed by atoms with Crippen LogP contribution in [0, 0.1) is 20.8 Å². The summed E-state index contributed by atoms with van der Waals surface area (Å²) in [4.78, 5) is 4.22. The number of aromatic nitrogens is 1. The SMILES string of the molecule is Cc1cc(C)cc(Oc2cc(C)c(Br)cn2)c1. The van der Waals surface area contributed by atoms with Crippen molar-refractivity contribution in [3.63, 3.8) is 0 Å². The van der Waals surface area contributed by atoms with Crippen LogP contribution in [0.15, 0.2) is 34.9 Å². The molecule has 88 valence electrons. The molecule has 2 rings (SSSR count). The Morgan fingerprint density at radius 1 is 1.00 bits per heavy atom. The van der Waals surface area contributed by atoms with Crippen molar-refractivity contribution in [3.05, 3.63) is 51.6 Å². The summed E-state index contributed by atoms with van der Waals surface area (Å²) in [7, 11) is 0. The second-order valence-corrected chi connectivity index (χ2v) is 5.05. The minimum Gasteiger partial charge on any atom is -0.439 e. The second kappa shape index (κ2) is 4.88. The quantitative estimate of drug-likeness (QED) is 0.809. The summed E-state index contributed by atoms with van der Waals surface area (Å²) in [5.41, 5.74) is 3.49. The third-order valence-electron chi connectivity index (χ3n) is 2.44. The van der Waals surface area contributed by atoms with Gasteiger partial charge in [-0.3, -0.25) is 0 Å². The van der Waals surface area contributed by atoms with Gasteiger partial charge in [0.1, 0.15) is 5.75 Å². The highest BCUT2D eigenvalue weighted by Crippen LogP contribution is 2.25. The molecule has 0 atom stereocenters. The smallest absolute Gasteiger partial charge is 0.219 e. The van der Waals surface area contributed by atoms with Crippen LogP contribution in [-0.4, -0.2) is 4.98 Å². The van der Waals surface area contributed by atoms with Crippen molar-refractivity contribution in [3.8, 4) is 11.6 Å². The fourth-order valence-electron chi connectivity index (χ4n) is 1.68. The molecule has 0 unspecified atom stereocenters. The van der Waals surface area contributed by atoms with Gasteiger partial charge in [-0.25, -0.2) is 4.98 Å². The number of hydrogen-bond donors (Lipinski definition) is 0. The lowest BCUT2D eigenvalue weighted by atomic mass is 10.1. The summed E-state index contributed by atoms with van der Waals surface area (Å²) < 4.78 is 6.73. The van der Waals surface area contributed by atoms with Gasteiger partial charge in [0.15, 0.2) is 0 Å². The molecular weight excluding hydrogens is 278 g/mol. The normalized spacial score (nSPS) is 10.4. The molecule has 0 aliphatic carbocycles. The molecule has 0 saturated heterocycles. The fourth-order valence-corrected chi connectivity index (χ4v) is 1.90. The minimum atomic E-state index is 0.621. The first kappa shape index (κ1) is 12.1. The molecule has 3 heteroatoms. The summed E-state index contributed by atoms with van der Waals surface area (Å²) in [5.74, 6) is 1.45. The highest BCUT2D eigenvalue weighted by molar-refractivity contribution is 9.10. The van der Waals surface area contributed by atoms with Crippen LogP contribution in [0.3, 0.4) is 0 Å². The summed E-state index contributed by atoms with van der Waals surface area (Å²) in [6.45, 7) is 6.13. The van der Waals surface area contributed by atoms with E-state index in [1.807, 2.05) is 25.1 Å². The van der Waals surface area contributed by atoms with Crippen molar-refractivity contribution in [1.82, 2.24) is 4.98 Å². The summed E-state index contributed by atoms with van der Waals surface area (Å²) in [6, 6.07) is 8.05. The molecule has 1 heterocycles. The lowest BCUT2D eigenvalue weighted by Gasteiger charge is -2.08. The number of halogens is 1. The Bertz CT molecular complexity index is 532. The van der Waals surface area contributed by atoms with Gasteiger partial charge in [-0.1, -0.05) is 6.07 Å². The van der Waals surface area contributed by atoms with E-state index >= 15 is 0 Å². The number of rotatable bonds is 2. The van der Waals surface area contributed by atoms with E-state index in [4.69, 9.17) is 4.74 Å². The van der Waals surface area contributed by atoms with E-state index < -0.39 is 0 Å². The van der Waals surface area contributed by atoms with E-state index in [9.17, 15) is 0 Å². The molecule has 1 aromatic heterocycles. The molecule has 0 N–H and O–H groups in total. The molecule has 17 heavy (non-hydrogen) atoms. The lowest BCUT2D eigenvalue weighted by molar-refractivity contribution is 0.461. The van der Waals surface area contributed by atoms with Crippen LogP contribution in [0.4, 0.5) is 0 Å². The first-order chi connectivity index (χ1) is 8.04. The summed E-state index contributed by atoms with van der Waals surface area (Å²) >= 11 is 3.42. The van der Waals surface area contributed by atoms with Crippen molar-refractivity contribution in [2.45, 2.75) is 20.8 Å². The molecule has 0 fully saturated rings. The average Bonchev–Trinajstić information content (AvgIpc) is 2.22.